The van der Waals surface area contributed by atoms with E-state index in [0.717, 1.165) is 25.0 Å². The predicted octanol–water partition coefficient (Wildman–Crippen LogP) is 2.31. The smallest absolute Gasteiger partial charge is 0.227 e. The summed E-state index contributed by atoms with van der Waals surface area (Å²) in [6.45, 7) is 0. The van der Waals surface area contributed by atoms with E-state index in [9.17, 15) is 13.6 Å². The molecule has 1 saturated carbocycles. The van der Waals surface area contributed by atoms with Crippen molar-refractivity contribution in [2.75, 3.05) is 5.32 Å². The Hall–Kier alpha value is -1.45. The van der Waals surface area contributed by atoms with Crippen LogP contribution in [0, 0.1) is 17.6 Å². The van der Waals surface area contributed by atoms with E-state index >= 15 is 0 Å². The van der Waals surface area contributed by atoms with E-state index < -0.39 is 11.6 Å². The van der Waals surface area contributed by atoms with Crippen LogP contribution >= 0.6 is 0 Å². The molecule has 14 heavy (non-hydrogen) atoms. The molecule has 0 heterocycles. The normalized spacial score (nSPS) is 15.3. The van der Waals surface area contributed by atoms with Crippen molar-refractivity contribution in [2.24, 2.45) is 5.92 Å². The first-order chi connectivity index (χ1) is 6.68. The second-order valence-electron chi connectivity index (χ2n) is 3.36. The summed E-state index contributed by atoms with van der Waals surface area (Å²) in [7, 11) is 0. The third-order valence-corrected chi connectivity index (χ3v) is 2.16. The molecule has 1 aromatic carbocycles. The Kier molecular flexibility index (Phi) is 2.19. The molecule has 0 unspecified atom stereocenters. The molecule has 0 aromatic heterocycles. The van der Waals surface area contributed by atoms with Gasteiger partial charge in [-0.05, 0) is 25.0 Å². The zero-order valence-electron chi connectivity index (χ0n) is 7.39. The number of hydrogen-bond acceptors (Lipinski definition) is 1. The summed E-state index contributed by atoms with van der Waals surface area (Å²) in [4.78, 5) is 11.2. The average Bonchev–Trinajstić information content (AvgIpc) is 2.94. The Morgan fingerprint density at radius 3 is 2.36 bits per heavy atom. The van der Waals surface area contributed by atoms with Crippen molar-refractivity contribution >= 4 is 11.6 Å². The van der Waals surface area contributed by atoms with Crippen molar-refractivity contribution < 1.29 is 13.6 Å². The topological polar surface area (TPSA) is 29.1 Å². The lowest BCUT2D eigenvalue weighted by atomic mass is 10.2. The van der Waals surface area contributed by atoms with E-state index in [0.29, 0.717) is 0 Å². The van der Waals surface area contributed by atoms with Crippen LogP contribution in [0.2, 0.25) is 0 Å². The fraction of sp³-hybridized carbons (Fsp3) is 0.300. The SMILES string of the molecule is O=C(Nc1c(F)cccc1F)C1CC1. The summed E-state index contributed by atoms with van der Waals surface area (Å²) < 4.78 is 26.1. The minimum Gasteiger partial charge on any atom is -0.321 e. The lowest BCUT2D eigenvalue weighted by Crippen LogP contribution is -2.15. The molecule has 4 heteroatoms. The molecule has 0 bridgehead atoms. The Morgan fingerprint density at radius 2 is 1.86 bits per heavy atom. The Morgan fingerprint density at radius 1 is 1.29 bits per heavy atom. The predicted molar refractivity (Wildman–Crippen MR) is 47.7 cm³/mol. The molecular weight excluding hydrogens is 188 g/mol. The summed E-state index contributed by atoms with van der Waals surface area (Å²) >= 11 is 0. The quantitative estimate of drug-likeness (QED) is 0.774. The maximum atomic E-state index is 13.0. The highest BCUT2D eigenvalue weighted by atomic mass is 19.1. The Balaban J connectivity index is 2.18. The van der Waals surface area contributed by atoms with Crippen LogP contribution in [0.3, 0.4) is 0 Å². The second-order valence-corrected chi connectivity index (χ2v) is 3.36. The summed E-state index contributed by atoms with van der Waals surface area (Å²) in [6.07, 6.45) is 1.61. The number of carbonyl (C=O) groups is 1. The molecule has 1 aromatic rings. The minimum absolute atomic E-state index is 0.0611. The third-order valence-electron chi connectivity index (χ3n) is 2.16. The van der Waals surface area contributed by atoms with Gasteiger partial charge in [0.05, 0.1) is 0 Å². The fourth-order valence-electron chi connectivity index (χ4n) is 1.19. The van der Waals surface area contributed by atoms with Crippen LogP contribution in [0.1, 0.15) is 12.8 Å². The number of rotatable bonds is 2. The van der Waals surface area contributed by atoms with E-state index in [1.807, 2.05) is 0 Å². The summed E-state index contributed by atoms with van der Waals surface area (Å²) in [5.41, 5.74) is -0.343. The third kappa shape index (κ3) is 1.73. The highest BCUT2D eigenvalue weighted by Gasteiger charge is 2.30. The molecule has 2 nitrogen and oxygen atoms in total. The van der Waals surface area contributed by atoms with Crippen LogP contribution in [0.5, 0.6) is 0 Å². The van der Waals surface area contributed by atoms with Crippen molar-refractivity contribution in [1.29, 1.82) is 0 Å². The van der Waals surface area contributed by atoms with Gasteiger partial charge in [-0.25, -0.2) is 8.78 Å². The van der Waals surface area contributed by atoms with Crippen LogP contribution in [0.4, 0.5) is 14.5 Å². The van der Waals surface area contributed by atoms with Crippen molar-refractivity contribution in [2.45, 2.75) is 12.8 Å². The van der Waals surface area contributed by atoms with E-state index in [1.165, 1.54) is 6.07 Å². The molecule has 0 saturated heterocycles. The number of anilines is 1. The van der Waals surface area contributed by atoms with Crippen molar-refractivity contribution in [3.8, 4) is 0 Å². The van der Waals surface area contributed by atoms with E-state index in [-0.39, 0.29) is 17.5 Å². The molecule has 74 valence electrons. The van der Waals surface area contributed by atoms with Crippen LogP contribution in [0.15, 0.2) is 18.2 Å². The van der Waals surface area contributed by atoms with Gasteiger partial charge in [-0.1, -0.05) is 6.07 Å². The minimum atomic E-state index is -0.737. The van der Waals surface area contributed by atoms with Crippen molar-refractivity contribution in [3.63, 3.8) is 0 Å². The average molecular weight is 197 g/mol. The Labute approximate surface area is 79.9 Å². The highest BCUT2D eigenvalue weighted by molar-refractivity contribution is 5.94. The van der Waals surface area contributed by atoms with Crippen molar-refractivity contribution in [1.82, 2.24) is 0 Å². The van der Waals surface area contributed by atoms with Gasteiger partial charge in [0.1, 0.15) is 17.3 Å². The number of halogens is 2. The molecule has 0 aliphatic heterocycles. The summed E-state index contributed by atoms with van der Waals surface area (Å²) in [5.74, 6) is -1.83. The molecule has 0 radical (unpaired) electrons. The second kappa shape index (κ2) is 3.36. The first-order valence-corrected chi connectivity index (χ1v) is 4.43. The number of carbonyl (C=O) groups excluding carboxylic acids is 1. The molecule has 1 N–H and O–H groups in total. The molecule has 1 aliphatic rings. The lowest BCUT2D eigenvalue weighted by molar-refractivity contribution is -0.117. The highest BCUT2D eigenvalue weighted by Crippen LogP contribution is 2.31. The van der Waals surface area contributed by atoms with E-state index in [1.54, 1.807) is 0 Å². The van der Waals surface area contributed by atoms with Gasteiger partial charge in [0.15, 0.2) is 0 Å². The number of hydrogen-bond donors (Lipinski definition) is 1. The van der Waals surface area contributed by atoms with Crippen LogP contribution in [-0.4, -0.2) is 5.91 Å². The largest absolute Gasteiger partial charge is 0.321 e. The summed E-state index contributed by atoms with van der Waals surface area (Å²) in [6, 6.07) is 3.49. The van der Waals surface area contributed by atoms with Crippen LogP contribution in [-0.2, 0) is 4.79 Å². The van der Waals surface area contributed by atoms with Crippen LogP contribution in [0.25, 0.3) is 0 Å². The lowest BCUT2D eigenvalue weighted by Gasteiger charge is -2.05. The molecule has 1 aliphatic carbocycles. The zero-order chi connectivity index (χ0) is 10.1. The number of benzene rings is 1. The molecule has 2 rings (SSSR count). The maximum absolute atomic E-state index is 13.0. The van der Waals surface area contributed by atoms with Gasteiger partial charge < -0.3 is 5.32 Å². The summed E-state index contributed by atoms with van der Waals surface area (Å²) in [5, 5.41) is 2.25. The number of para-hydroxylation sites is 1. The van der Waals surface area contributed by atoms with Crippen LogP contribution < -0.4 is 5.32 Å². The molecular formula is C10H9F2NO. The number of nitrogens with one attached hydrogen (secondary N) is 1. The standard InChI is InChI=1S/C10H9F2NO/c11-7-2-1-3-8(12)9(7)13-10(14)6-4-5-6/h1-3,6H,4-5H2,(H,13,14). The molecule has 1 fully saturated rings. The maximum Gasteiger partial charge on any atom is 0.227 e. The first kappa shape index (κ1) is 9.12. The van der Waals surface area contributed by atoms with Gasteiger partial charge in [0.25, 0.3) is 0 Å². The fourth-order valence-corrected chi connectivity index (χ4v) is 1.19. The monoisotopic (exact) mass is 197 g/mol. The van der Waals surface area contributed by atoms with Crippen molar-refractivity contribution in [3.05, 3.63) is 29.8 Å². The molecule has 1 amide bonds. The molecule has 0 atom stereocenters. The van der Waals surface area contributed by atoms with Gasteiger partial charge >= 0.3 is 0 Å². The van der Waals surface area contributed by atoms with Gasteiger partial charge in [-0.3, -0.25) is 4.79 Å². The van der Waals surface area contributed by atoms with Gasteiger partial charge in [0, 0.05) is 5.92 Å². The Bertz CT molecular complexity index is 354. The van der Waals surface area contributed by atoms with Gasteiger partial charge in [-0.15, -0.1) is 0 Å². The van der Waals surface area contributed by atoms with E-state index in [4.69, 9.17) is 0 Å². The zero-order valence-corrected chi connectivity index (χ0v) is 7.39. The molecule has 0 spiro atoms. The van der Waals surface area contributed by atoms with E-state index in [2.05, 4.69) is 5.32 Å². The number of amides is 1. The van der Waals surface area contributed by atoms with Gasteiger partial charge in [0.2, 0.25) is 5.91 Å². The first-order valence-electron chi connectivity index (χ1n) is 4.43. The van der Waals surface area contributed by atoms with Gasteiger partial charge in [-0.2, -0.15) is 0 Å².